The van der Waals surface area contributed by atoms with Crippen molar-refractivity contribution in [2.45, 2.75) is 19.0 Å². The molecule has 1 aliphatic rings. The van der Waals surface area contributed by atoms with Crippen molar-refractivity contribution in [1.82, 2.24) is 5.32 Å². The van der Waals surface area contributed by atoms with Crippen LogP contribution >= 0.6 is 0 Å². The third-order valence-electron chi connectivity index (χ3n) is 3.51. The fourth-order valence-electron chi connectivity index (χ4n) is 2.45. The van der Waals surface area contributed by atoms with Crippen LogP contribution in [0, 0.1) is 11.6 Å². The van der Waals surface area contributed by atoms with Gasteiger partial charge in [-0.05, 0) is 12.1 Å². The zero-order valence-electron chi connectivity index (χ0n) is 10.9. The largest absolute Gasteiger partial charge is 0.493 e. The topological polar surface area (TPSA) is 21.3 Å². The minimum Gasteiger partial charge on any atom is -0.493 e. The summed E-state index contributed by atoms with van der Waals surface area (Å²) in [4.78, 5) is 0. The number of ether oxygens (including phenoxy) is 1. The Kier molecular flexibility index (Phi) is 3.65. The summed E-state index contributed by atoms with van der Waals surface area (Å²) < 4.78 is 32.0. The van der Waals surface area contributed by atoms with Gasteiger partial charge in [-0.15, -0.1) is 0 Å². The molecule has 0 aromatic heterocycles. The first-order valence-corrected chi connectivity index (χ1v) is 6.63. The normalized spacial score (nSPS) is 17.4. The second-order valence-electron chi connectivity index (χ2n) is 4.84. The van der Waals surface area contributed by atoms with Crippen molar-refractivity contribution in [3.05, 3.63) is 65.2 Å². The van der Waals surface area contributed by atoms with Crippen molar-refractivity contribution in [2.75, 3.05) is 6.61 Å². The molecule has 2 aromatic rings. The zero-order chi connectivity index (χ0) is 13.9. The van der Waals surface area contributed by atoms with Gasteiger partial charge in [0.15, 0.2) is 0 Å². The fourth-order valence-corrected chi connectivity index (χ4v) is 2.45. The molecule has 3 rings (SSSR count). The standard InChI is InChI=1S/C16H15F2NO/c17-12-6-5-11(14(18)9-12)10-19-15-7-8-20-16-4-2-1-3-13(15)16/h1-6,9,15,19H,7-8,10H2. The highest BCUT2D eigenvalue weighted by Gasteiger charge is 2.20. The summed E-state index contributed by atoms with van der Waals surface area (Å²) in [5.41, 5.74) is 1.55. The van der Waals surface area contributed by atoms with Crippen molar-refractivity contribution in [3.63, 3.8) is 0 Å². The average molecular weight is 275 g/mol. The van der Waals surface area contributed by atoms with Crippen molar-refractivity contribution < 1.29 is 13.5 Å². The molecule has 0 bridgehead atoms. The first-order valence-electron chi connectivity index (χ1n) is 6.63. The van der Waals surface area contributed by atoms with Crippen molar-refractivity contribution in [1.29, 1.82) is 0 Å². The quantitative estimate of drug-likeness (QED) is 0.924. The maximum absolute atomic E-state index is 13.6. The van der Waals surface area contributed by atoms with Crippen LogP contribution in [0.1, 0.15) is 23.6 Å². The van der Waals surface area contributed by atoms with E-state index in [2.05, 4.69) is 5.32 Å². The minimum absolute atomic E-state index is 0.129. The Morgan fingerprint density at radius 3 is 2.85 bits per heavy atom. The molecule has 0 amide bonds. The summed E-state index contributed by atoms with van der Waals surface area (Å²) in [5.74, 6) is -0.198. The van der Waals surface area contributed by atoms with Crippen LogP contribution in [0.2, 0.25) is 0 Å². The lowest BCUT2D eigenvalue weighted by molar-refractivity contribution is 0.252. The number of para-hydroxylation sites is 1. The van der Waals surface area contributed by atoms with Crippen molar-refractivity contribution in [3.8, 4) is 5.75 Å². The Morgan fingerprint density at radius 1 is 1.15 bits per heavy atom. The van der Waals surface area contributed by atoms with Gasteiger partial charge in [0.2, 0.25) is 0 Å². The minimum atomic E-state index is -0.553. The molecule has 0 saturated carbocycles. The van der Waals surface area contributed by atoms with E-state index in [0.717, 1.165) is 23.8 Å². The third kappa shape index (κ3) is 2.65. The van der Waals surface area contributed by atoms with Gasteiger partial charge in [0.05, 0.1) is 6.61 Å². The predicted molar refractivity (Wildman–Crippen MR) is 72.5 cm³/mol. The van der Waals surface area contributed by atoms with Crippen LogP contribution in [0.5, 0.6) is 5.75 Å². The van der Waals surface area contributed by atoms with E-state index in [9.17, 15) is 8.78 Å². The average Bonchev–Trinajstić information content (AvgIpc) is 2.46. The highest BCUT2D eigenvalue weighted by atomic mass is 19.1. The molecule has 2 nitrogen and oxygen atoms in total. The highest BCUT2D eigenvalue weighted by molar-refractivity contribution is 5.37. The van der Waals surface area contributed by atoms with E-state index in [1.165, 1.54) is 12.1 Å². The molecule has 1 heterocycles. The summed E-state index contributed by atoms with van der Waals surface area (Å²) in [6, 6.07) is 11.6. The smallest absolute Gasteiger partial charge is 0.130 e. The number of hydrogen-bond acceptors (Lipinski definition) is 2. The molecule has 1 atom stereocenters. The van der Waals surface area contributed by atoms with Crippen LogP contribution in [0.15, 0.2) is 42.5 Å². The maximum Gasteiger partial charge on any atom is 0.130 e. The van der Waals surface area contributed by atoms with Crippen molar-refractivity contribution >= 4 is 0 Å². The molecule has 20 heavy (non-hydrogen) atoms. The Hall–Kier alpha value is -1.94. The van der Waals surface area contributed by atoms with Gasteiger partial charge in [0.1, 0.15) is 17.4 Å². The van der Waals surface area contributed by atoms with Gasteiger partial charge in [-0.25, -0.2) is 8.78 Å². The van der Waals surface area contributed by atoms with E-state index in [-0.39, 0.29) is 6.04 Å². The van der Waals surface area contributed by atoms with E-state index < -0.39 is 11.6 Å². The summed E-state index contributed by atoms with van der Waals surface area (Å²) in [6.45, 7) is 1.01. The molecule has 4 heteroatoms. The number of rotatable bonds is 3. The molecule has 0 saturated heterocycles. The molecular formula is C16H15F2NO. The number of nitrogens with one attached hydrogen (secondary N) is 1. The Labute approximate surface area is 116 Å². The fraction of sp³-hybridized carbons (Fsp3) is 0.250. The second-order valence-corrected chi connectivity index (χ2v) is 4.84. The van der Waals surface area contributed by atoms with E-state index in [4.69, 9.17) is 4.74 Å². The molecule has 1 unspecified atom stereocenters. The third-order valence-corrected chi connectivity index (χ3v) is 3.51. The Balaban J connectivity index is 1.73. The Morgan fingerprint density at radius 2 is 2.00 bits per heavy atom. The van der Waals surface area contributed by atoms with Crippen molar-refractivity contribution in [2.24, 2.45) is 0 Å². The summed E-state index contributed by atoms with van der Waals surface area (Å²) in [6.07, 6.45) is 0.833. The molecule has 0 fully saturated rings. The van der Waals surface area contributed by atoms with Gasteiger partial charge >= 0.3 is 0 Å². The summed E-state index contributed by atoms with van der Waals surface area (Å²) in [5, 5.41) is 3.31. The molecule has 0 spiro atoms. The van der Waals surface area contributed by atoms with Gasteiger partial charge in [-0.2, -0.15) is 0 Å². The van der Waals surface area contributed by atoms with E-state index >= 15 is 0 Å². The number of fused-ring (bicyclic) bond motifs is 1. The number of hydrogen-bond donors (Lipinski definition) is 1. The van der Waals surface area contributed by atoms with Crippen LogP contribution in [0.25, 0.3) is 0 Å². The first kappa shape index (κ1) is 13.1. The lowest BCUT2D eigenvalue weighted by Gasteiger charge is -2.26. The summed E-state index contributed by atoms with van der Waals surface area (Å²) in [7, 11) is 0. The first-order chi connectivity index (χ1) is 9.74. The molecule has 1 aliphatic heterocycles. The van der Waals surface area contributed by atoms with Crippen LogP contribution in [0.3, 0.4) is 0 Å². The molecule has 0 aliphatic carbocycles. The number of halogens is 2. The van der Waals surface area contributed by atoms with Crippen LogP contribution in [-0.2, 0) is 6.54 Å². The van der Waals surface area contributed by atoms with Gasteiger partial charge < -0.3 is 10.1 Å². The molecule has 1 N–H and O–H groups in total. The SMILES string of the molecule is Fc1ccc(CNC2CCOc3ccccc32)c(F)c1. The maximum atomic E-state index is 13.6. The number of benzene rings is 2. The van der Waals surface area contributed by atoms with Gasteiger partial charge in [0.25, 0.3) is 0 Å². The van der Waals surface area contributed by atoms with E-state index in [1.807, 2.05) is 24.3 Å². The molecule has 104 valence electrons. The molecular weight excluding hydrogens is 260 g/mol. The van der Waals surface area contributed by atoms with Gasteiger partial charge in [0, 0.05) is 36.2 Å². The lowest BCUT2D eigenvalue weighted by Crippen LogP contribution is -2.27. The van der Waals surface area contributed by atoms with Crippen LogP contribution in [-0.4, -0.2) is 6.61 Å². The summed E-state index contributed by atoms with van der Waals surface area (Å²) >= 11 is 0. The predicted octanol–water partition coefficient (Wildman–Crippen LogP) is 3.58. The lowest BCUT2D eigenvalue weighted by atomic mass is 10.0. The van der Waals surface area contributed by atoms with Crippen LogP contribution in [0.4, 0.5) is 8.78 Å². The molecule has 2 aromatic carbocycles. The van der Waals surface area contributed by atoms with Crippen LogP contribution < -0.4 is 10.1 Å². The zero-order valence-corrected chi connectivity index (χ0v) is 10.9. The monoisotopic (exact) mass is 275 g/mol. The van der Waals surface area contributed by atoms with Gasteiger partial charge in [-0.1, -0.05) is 24.3 Å². The van der Waals surface area contributed by atoms with E-state index in [0.29, 0.717) is 18.7 Å². The second kappa shape index (κ2) is 5.59. The Bertz CT molecular complexity index is 615. The van der Waals surface area contributed by atoms with Gasteiger partial charge in [-0.3, -0.25) is 0 Å². The highest BCUT2D eigenvalue weighted by Crippen LogP contribution is 2.31. The van der Waals surface area contributed by atoms with E-state index in [1.54, 1.807) is 0 Å². The molecule has 0 radical (unpaired) electrons.